The quantitative estimate of drug-likeness (QED) is 0.848. The first kappa shape index (κ1) is 18.5. The summed E-state index contributed by atoms with van der Waals surface area (Å²) in [7, 11) is 0. The number of hydrogen-bond acceptors (Lipinski definition) is 3. The minimum Gasteiger partial charge on any atom is -0.490 e. The molecule has 1 heterocycles. The fraction of sp³-hybridized carbons (Fsp3) is 0.708. The van der Waals surface area contributed by atoms with Crippen molar-refractivity contribution in [3.05, 3.63) is 29.3 Å². The van der Waals surface area contributed by atoms with E-state index in [1.165, 1.54) is 49.7 Å². The van der Waals surface area contributed by atoms with E-state index in [2.05, 4.69) is 30.0 Å². The van der Waals surface area contributed by atoms with Gasteiger partial charge in [-0.3, -0.25) is 4.79 Å². The molecule has 152 valence electrons. The number of likely N-dealkylation sites (tertiary alicyclic amines) is 1. The molecule has 1 amide bonds. The van der Waals surface area contributed by atoms with E-state index in [4.69, 9.17) is 4.74 Å². The lowest BCUT2D eigenvalue weighted by Crippen LogP contribution is -2.62. The zero-order valence-corrected chi connectivity index (χ0v) is 17.2. The molecule has 4 fully saturated rings. The highest BCUT2D eigenvalue weighted by molar-refractivity contribution is 5.81. The van der Waals surface area contributed by atoms with Crippen LogP contribution in [0, 0.1) is 18.3 Å². The Labute approximate surface area is 168 Å². The van der Waals surface area contributed by atoms with E-state index in [1.54, 1.807) is 0 Å². The third-order valence-electron chi connectivity index (χ3n) is 7.72. The molecule has 1 N–H and O–H groups in total. The molecule has 28 heavy (non-hydrogen) atoms. The van der Waals surface area contributed by atoms with Crippen molar-refractivity contribution >= 4 is 5.91 Å². The van der Waals surface area contributed by atoms with E-state index in [1.807, 2.05) is 6.92 Å². The minimum atomic E-state index is -0.615. The van der Waals surface area contributed by atoms with E-state index in [-0.39, 0.29) is 11.8 Å². The Bertz CT molecular complexity index is 758. The average molecular weight is 384 g/mol. The van der Waals surface area contributed by atoms with Gasteiger partial charge in [-0.25, -0.2) is 0 Å². The molecule has 0 radical (unpaired) electrons. The van der Waals surface area contributed by atoms with Gasteiger partial charge in [-0.2, -0.15) is 0 Å². The zero-order chi connectivity index (χ0) is 19.5. The molecule has 1 aromatic rings. The van der Waals surface area contributed by atoms with Crippen LogP contribution in [0.5, 0.6) is 5.75 Å². The van der Waals surface area contributed by atoms with Gasteiger partial charge in [0, 0.05) is 24.4 Å². The van der Waals surface area contributed by atoms with Gasteiger partial charge in [-0.1, -0.05) is 12.1 Å². The molecule has 1 saturated heterocycles. The summed E-state index contributed by atoms with van der Waals surface area (Å²) < 4.78 is 6.09. The lowest BCUT2D eigenvalue weighted by Gasteiger charge is -2.55. The van der Waals surface area contributed by atoms with Crippen LogP contribution in [0.15, 0.2) is 18.2 Å². The van der Waals surface area contributed by atoms with Gasteiger partial charge in [0.15, 0.2) is 0 Å². The maximum Gasteiger partial charge on any atom is 0.225 e. The summed E-state index contributed by atoms with van der Waals surface area (Å²) in [4.78, 5) is 14.6. The van der Waals surface area contributed by atoms with Crippen LogP contribution in [0.1, 0.15) is 75.3 Å². The molecular weight excluding hydrogens is 350 g/mol. The monoisotopic (exact) mass is 383 g/mol. The fourth-order valence-corrected chi connectivity index (χ4v) is 5.78. The van der Waals surface area contributed by atoms with Gasteiger partial charge >= 0.3 is 0 Å². The molecule has 5 rings (SSSR count). The summed E-state index contributed by atoms with van der Waals surface area (Å²) in [6.07, 6.45) is 8.98. The van der Waals surface area contributed by atoms with Crippen molar-refractivity contribution in [2.45, 2.75) is 82.8 Å². The standard InChI is InChI=1S/C24H33NO3/c1-16-20(4-3-5-21(16)28-19-6-7-19)17-8-10-24(11-9-17)14-25(15-24)22(26)18-12-23(2,27)13-18/h3-5,17-19,27H,6-15H2,1-2H3/t18-,23+. The van der Waals surface area contributed by atoms with Gasteiger partial charge in [-0.05, 0) is 88.3 Å². The second-order valence-corrected chi connectivity index (χ2v) is 10.4. The summed E-state index contributed by atoms with van der Waals surface area (Å²) >= 11 is 0. The van der Waals surface area contributed by atoms with Gasteiger partial charge in [0.2, 0.25) is 5.91 Å². The van der Waals surface area contributed by atoms with Crippen molar-refractivity contribution in [2.75, 3.05) is 13.1 Å². The Balaban J connectivity index is 1.16. The Hall–Kier alpha value is -1.55. The van der Waals surface area contributed by atoms with Crippen LogP contribution in [0.4, 0.5) is 0 Å². The molecular formula is C24H33NO3. The molecule has 0 bridgehead atoms. The average Bonchev–Trinajstić information content (AvgIpc) is 3.43. The number of aliphatic hydroxyl groups is 1. The van der Waals surface area contributed by atoms with Crippen molar-refractivity contribution in [1.82, 2.24) is 4.90 Å². The maximum atomic E-state index is 12.6. The van der Waals surface area contributed by atoms with E-state index >= 15 is 0 Å². The number of carbonyl (C=O) groups excluding carboxylic acids is 1. The number of hydrogen-bond donors (Lipinski definition) is 1. The van der Waals surface area contributed by atoms with Crippen LogP contribution in [0.2, 0.25) is 0 Å². The van der Waals surface area contributed by atoms with Crippen LogP contribution in [0.3, 0.4) is 0 Å². The van der Waals surface area contributed by atoms with E-state index < -0.39 is 5.60 Å². The van der Waals surface area contributed by atoms with Gasteiger partial charge < -0.3 is 14.7 Å². The number of rotatable bonds is 4. The van der Waals surface area contributed by atoms with Gasteiger partial charge in [0.1, 0.15) is 5.75 Å². The number of amides is 1. The highest BCUT2D eigenvalue weighted by atomic mass is 16.5. The Kier molecular flexibility index (Phi) is 4.28. The second kappa shape index (κ2) is 6.48. The molecule has 1 spiro atoms. The van der Waals surface area contributed by atoms with Crippen LogP contribution >= 0.6 is 0 Å². The second-order valence-electron chi connectivity index (χ2n) is 10.4. The first-order valence-corrected chi connectivity index (χ1v) is 11.1. The fourth-order valence-electron chi connectivity index (χ4n) is 5.78. The predicted molar refractivity (Wildman–Crippen MR) is 108 cm³/mol. The highest BCUT2D eigenvalue weighted by Gasteiger charge is 2.51. The van der Waals surface area contributed by atoms with Gasteiger partial charge in [-0.15, -0.1) is 0 Å². The SMILES string of the molecule is Cc1c(OC2CC2)cccc1C1CCC2(CC1)CN(C(=O)[C@H]1C[C@@](C)(O)C1)C2. The third kappa shape index (κ3) is 3.34. The molecule has 4 aliphatic rings. The van der Waals surface area contributed by atoms with E-state index in [9.17, 15) is 9.90 Å². The normalized spacial score (nSPS) is 32.0. The lowest BCUT2D eigenvalue weighted by atomic mass is 9.63. The summed E-state index contributed by atoms with van der Waals surface area (Å²) in [5.74, 6) is 2.04. The summed E-state index contributed by atoms with van der Waals surface area (Å²) in [5, 5.41) is 9.90. The molecule has 4 heteroatoms. The maximum absolute atomic E-state index is 12.6. The topological polar surface area (TPSA) is 49.8 Å². The first-order valence-electron chi connectivity index (χ1n) is 11.1. The highest BCUT2D eigenvalue weighted by Crippen LogP contribution is 2.50. The van der Waals surface area contributed by atoms with Gasteiger partial charge in [0.05, 0.1) is 11.7 Å². The molecule has 0 atom stereocenters. The van der Waals surface area contributed by atoms with Gasteiger partial charge in [0.25, 0.3) is 0 Å². The first-order chi connectivity index (χ1) is 13.3. The lowest BCUT2D eigenvalue weighted by molar-refractivity contribution is -0.163. The van der Waals surface area contributed by atoms with Crippen molar-refractivity contribution in [2.24, 2.45) is 11.3 Å². The Morgan fingerprint density at radius 1 is 1.14 bits per heavy atom. The molecule has 0 aromatic heterocycles. The number of ether oxygens (including phenoxy) is 1. The smallest absolute Gasteiger partial charge is 0.225 e. The van der Waals surface area contributed by atoms with Crippen LogP contribution in [-0.2, 0) is 4.79 Å². The third-order valence-corrected chi connectivity index (χ3v) is 7.72. The number of carbonyl (C=O) groups is 1. The number of nitrogens with zero attached hydrogens (tertiary/aromatic N) is 1. The van der Waals surface area contributed by atoms with Crippen molar-refractivity contribution in [1.29, 1.82) is 0 Å². The number of benzene rings is 1. The van der Waals surface area contributed by atoms with Crippen LogP contribution in [-0.4, -0.2) is 40.7 Å². The molecule has 4 nitrogen and oxygen atoms in total. The largest absolute Gasteiger partial charge is 0.490 e. The molecule has 1 aliphatic heterocycles. The van der Waals surface area contributed by atoms with E-state index in [0.29, 0.717) is 30.3 Å². The van der Waals surface area contributed by atoms with Crippen molar-refractivity contribution in [3.8, 4) is 5.75 Å². The van der Waals surface area contributed by atoms with Crippen LogP contribution in [0.25, 0.3) is 0 Å². The molecule has 0 unspecified atom stereocenters. The Morgan fingerprint density at radius 3 is 2.43 bits per heavy atom. The zero-order valence-electron chi connectivity index (χ0n) is 17.2. The minimum absolute atomic E-state index is 0.0561. The van der Waals surface area contributed by atoms with Crippen molar-refractivity contribution < 1.29 is 14.6 Å². The molecule has 3 saturated carbocycles. The van der Waals surface area contributed by atoms with Crippen LogP contribution < -0.4 is 4.74 Å². The summed E-state index contributed by atoms with van der Waals surface area (Å²) in [5.41, 5.74) is 2.54. The molecule has 3 aliphatic carbocycles. The molecule has 1 aromatic carbocycles. The summed E-state index contributed by atoms with van der Waals surface area (Å²) in [6, 6.07) is 6.56. The summed E-state index contributed by atoms with van der Waals surface area (Å²) in [6.45, 7) is 5.92. The Morgan fingerprint density at radius 2 is 1.82 bits per heavy atom. The predicted octanol–water partition coefficient (Wildman–Crippen LogP) is 4.18. The van der Waals surface area contributed by atoms with Crippen molar-refractivity contribution in [3.63, 3.8) is 0 Å². The van der Waals surface area contributed by atoms with E-state index in [0.717, 1.165) is 18.8 Å².